The van der Waals surface area contributed by atoms with E-state index in [0.717, 1.165) is 0 Å². The Balaban J connectivity index is 1.72. The number of para-hydroxylation sites is 2. The molecule has 24 heavy (non-hydrogen) atoms. The number of nitrogens with one attached hydrogen (secondary N) is 2. The van der Waals surface area contributed by atoms with Crippen molar-refractivity contribution in [2.75, 3.05) is 10.6 Å². The third kappa shape index (κ3) is 2.01. The second kappa shape index (κ2) is 5.22. The third-order valence-corrected chi connectivity index (χ3v) is 4.16. The maximum atomic E-state index is 12.3. The number of benzene rings is 2. The maximum absolute atomic E-state index is 12.3. The van der Waals surface area contributed by atoms with Crippen molar-refractivity contribution >= 4 is 23.2 Å². The standard InChI is InChI=1S/C16H14N4O4/c21-15-9-5-1-3-7-11(9)17-13(19(15)23)14-18-12-8-4-2-6-10(12)16(22)20(14)24/h1-8,13-14,17-18,23-24H. The van der Waals surface area contributed by atoms with Crippen molar-refractivity contribution in [2.45, 2.75) is 12.3 Å². The molecule has 8 nitrogen and oxygen atoms in total. The van der Waals surface area contributed by atoms with Gasteiger partial charge in [-0.3, -0.25) is 20.0 Å². The number of carbonyl (C=O) groups excluding carboxylic acids is 2. The van der Waals surface area contributed by atoms with Gasteiger partial charge in [-0.1, -0.05) is 24.3 Å². The molecule has 0 spiro atoms. The highest BCUT2D eigenvalue weighted by molar-refractivity contribution is 6.02. The van der Waals surface area contributed by atoms with Gasteiger partial charge in [-0.25, -0.2) is 0 Å². The van der Waals surface area contributed by atoms with Crippen LogP contribution in [0, 0.1) is 0 Å². The number of nitrogens with zero attached hydrogens (tertiary/aromatic N) is 2. The average Bonchev–Trinajstić information content (AvgIpc) is 2.61. The Labute approximate surface area is 136 Å². The topological polar surface area (TPSA) is 105 Å². The summed E-state index contributed by atoms with van der Waals surface area (Å²) in [5.74, 6) is -1.23. The fraction of sp³-hybridized carbons (Fsp3) is 0.125. The molecule has 0 bridgehead atoms. The molecule has 2 aliphatic heterocycles. The van der Waals surface area contributed by atoms with Gasteiger partial charge in [0.1, 0.15) is 0 Å². The van der Waals surface area contributed by atoms with Crippen LogP contribution in [0.3, 0.4) is 0 Å². The average molecular weight is 326 g/mol. The molecule has 4 N–H and O–H groups in total. The van der Waals surface area contributed by atoms with E-state index in [1.54, 1.807) is 48.5 Å². The van der Waals surface area contributed by atoms with Gasteiger partial charge in [0.25, 0.3) is 11.8 Å². The Morgan fingerprint density at radius 1 is 0.708 bits per heavy atom. The van der Waals surface area contributed by atoms with Gasteiger partial charge in [-0.05, 0) is 24.3 Å². The van der Waals surface area contributed by atoms with Crippen LogP contribution in [0.1, 0.15) is 20.7 Å². The largest absolute Gasteiger partial charge is 0.359 e. The van der Waals surface area contributed by atoms with Gasteiger partial charge in [0, 0.05) is 11.4 Å². The van der Waals surface area contributed by atoms with Crippen molar-refractivity contribution in [1.29, 1.82) is 0 Å². The molecule has 0 aromatic heterocycles. The van der Waals surface area contributed by atoms with Crippen LogP contribution in [-0.4, -0.2) is 44.7 Å². The first-order valence-corrected chi connectivity index (χ1v) is 7.34. The summed E-state index contributed by atoms with van der Waals surface area (Å²) < 4.78 is 0. The summed E-state index contributed by atoms with van der Waals surface area (Å²) in [6.45, 7) is 0. The lowest BCUT2D eigenvalue weighted by Gasteiger charge is -2.42. The Kier molecular flexibility index (Phi) is 3.15. The molecule has 2 aromatic carbocycles. The molecule has 4 rings (SSSR count). The van der Waals surface area contributed by atoms with E-state index in [9.17, 15) is 20.0 Å². The van der Waals surface area contributed by atoms with E-state index in [1.807, 2.05) is 0 Å². The Morgan fingerprint density at radius 3 is 1.50 bits per heavy atom. The molecule has 8 heteroatoms. The van der Waals surface area contributed by atoms with Crippen molar-refractivity contribution in [2.24, 2.45) is 0 Å². The molecule has 0 fully saturated rings. The summed E-state index contributed by atoms with van der Waals surface area (Å²) in [5.41, 5.74) is 1.64. The number of carbonyl (C=O) groups is 2. The molecular formula is C16H14N4O4. The third-order valence-electron chi connectivity index (χ3n) is 4.16. The predicted octanol–water partition coefficient (Wildman–Crippen LogP) is 1.55. The molecule has 2 heterocycles. The SMILES string of the molecule is O=C1c2ccccc2NC(C2Nc3ccccc3C(=O)N2O)N1O. The Bertz CT molecular complexity index is 771. The molecule has 0 aliphatic carbocycles. The summed E-state index contributed by atoms with van der Waals surface area (Å²) in [4.78, 5) is 24.7. The van der Waals surface area contributed by atoms with Crippen molar-refractivity contribution in [3.63, 3.8) is 0 Å². The molecule has 0 radical (unpaired) electrons. The maximum Gasteiger partial charge on any atom is 0.281 e. The molecule has 2 atom stereocenters. The van der Waals surface area contributed by atoms with Gasteiger partial charge in [-0.2, -0.15) is 10.1 Å². The molecule has 0 saturated heterocycles. The fourth-order valence-corrected chi connectivity index (χ4v) is 2.96. The normalized spacial score (nSPS) is 22.4. The Morgan fingerprint density at radius 2 is 1.08 bits per heavy atom. The van der Waals surface area contributed by atoms with Crippen LogP contribution >= 0.6 is 0 Å². The lowest BCUT2D eigenvalue weighted by Crippen LogP contribution is -2.63. The number of amides is 2. The highest BCUT2D eigenvalue weighted by Gasteiger charge is 2.43. The van der Waals surface area contributed by atoms with E-state index >= 15 is 0 Å². The van der Waals surface area contributed by atoms with Crippen molar-refractivity contribution in [3.8, 4) is 0 Å². The molecule has 2 unspecified atom stereocenters. The van der Waals surface area contributed by atoms with E-state index in [4.69, 9.17) is 0 Å². The van der Waals surface area contributed by atoms with Crippen LogP contribution < -0.4 is 10.6 Å². The number of hydrogen-bond acceptors (Lipinski definition) is 6. The number of fused-ring (bicyclic) bond motifs is 2. The van der Waals surface area contributed by atoms with E-state index < -0.39 is 24.1 Å². The minimum atomic E-state index is -1.06. The smallest absolute Gasteiger partial charge is 0.281 e. The van der Waals surface area contributed by atoms with Crippen LogP contribution in [-0.2, 0) is 0 Å². The molecule has 2 aliphatic rings. The van der Waals surface area contributed by atoms with E-state index in [2.05, 4.69) is 10.6 Å². The lowest BCUT2D eigenvalue weighted by atomic mass is 10.1. The van der Waals surface area contributed by atoms with Crippen LogP contribution in [0.5, 0.6) is 0 Å². The zero-order chi connectivity index (χ0) is 16.8. The molecule has 2 amide bonds. The van der Waals surface area contributed by atoms with Crippen LogP contribution in [0.2, 0.25) is 0 Å². The van der Waals surface area contributed by atoms with Gasteiger partial charge in [-0.15, -0.1) is 0 Å². The number of anilines is 2. The first kappa shape index (κ1) is 14.5. The fourth-order valence-electron chi connectivity index (χ4n) is 2.96. The number of hydroxylamine groups is 4. The lowest BCUT2D eigenvalue weighted by molar-refractivity contribution is -0.143. The van der Waals surface area contributed by atoms with E-state index in [1.165, 1.54) is 0 Å². The van der Waals surface area contributed by atoms with Crippen LogP contribution in [0.25, 0.3) is 0 Å². The zero-order valence-corrected chi connectivity index (χ0v) is 12.4. The second-order valence-corrected chi connectivity index (χ2v) is 5.57. The van der Waals surface area contributed by atoms with Gasteiger partial charge < -0.3 is 10.6 Å². The number of hydrogen-bond donors (Lipinski definition) is 4. The first-order valence-electron chi connectivity index (χ1n) is 7.34. The minimum Gasteiger partial charge on any atom is -0.359 e. The summed E-state index contributed by atoms with van der Waals surface area (Å²) in [6, 6.07) is 13.4. The van der Waals surface area contributed by atoms with Crippen molar-refractivity contribution in [1.82, 2.24) is 10.1 Å². The van der Waals surface area contributed by atoms with Gasteiger partial charge >= 0.3 is 0 Å². The minimum absolute atomic E-state index is 0.309. The van der Waals surface area contributed by atoms with Crippen molar-refractivity contribution < 1.29 is 20.0 Å². The molecule has 2 aromatic rings. The van der Waals surface area contributed by atoms with Crippen molar-refractivity contribution in [3.05, 3.63) is 59.7 Å². The highest BCUT2D eigenvalue weighted by atomic mass is 16.5. The monoisotopic (exact) mass is 326 g/mol. The summed E-state index contributed by atoms with van der Waals surface area (Å²) in [5, 5.41) is 27.3. The van der Waals surface area contributed by atoms with E-state index in [-0.39, 0.29) is 0 Å². The van der Waals surface area contributed by atoms with Crippen LogP contribution in [0.4, 0.5) is 11.4 Å². The summed E-state index contributed by atoms with van der Waals surface area (Å²) in [6.07, 6.45) is -2.12. The van der Waals surface area contributed by atoms with Crippen LogP contribution in [0.15, 0.2) is 48.5 Å². The molecular weight excluding hydrogens is 312 g/mol. The second-order valence-electron chi connectivity index (χ2n) is 5.57. The Hall–Kier alpha value is -3.10. The summed E-state index contributed by atoms with van der Waals surface area (Å²) in [7, 11) is 0. The number of rotatable bonds is 1. The first-order chi connectivity index (χ1) is 11.6. The quantitative estimate of drug-likeness (QED) is 0.593. The zero-order valence-electron chi connectivity index (χ0n) is 12.4. The molecule has 0 saturated carbocycles. The van der Waals surface area contributed by atoms with Gasteiger partial charge in [0.15, 0.2) is 12.3 Å². The van der Waals surface area contributed by atoms with Gasteiger partial charge in [0.2, 0.25) is 0 Å². The summed E-state index contributed by atoms with van der Waals surface area (Å²) >= 11 is 0. The van der Waals surface area contributed by atoms with E-state index in [0.29, 0.717) is 32.6 Å². The van der Waals surface area contributed by atoms with Gasteiger partial charge in [0.05, 0.1) is 11.1 Å². The predicted molar refractivity (Wildman–Crippen MR) is 83.6 cm³/mol. The molecule has 122 valence electrons. The highest BCUT2D eigenvalue weighted by Crippen LogP contribution is 2.30.